The molecule has 1 heterocycles. The summed E-state index contributed by atoms with van der Waals surface area (Å²) in [5.74, 6) is -1.67. The summed E-state index contributed by atoms with van der Waals surface area (Å²) in [7, 11) is 0. The van der Waals surface area contributed by atoms with Gasteiger partial charge in [0.2, 0.25) is 0 Å². The molecule has 1 atom stereocenters. The fraction of sp³-hybridized carbons (Fsp3) is 0.429. The van der Waals surface area contributed by atoms with Gasteiger partial charge in [0, 0.05) is 18.8 Å². The zero-order chi connectivity index (χ0) is 14.7. The van der Waals surface area contributed by atoms with E-state index in [1.54, 1.807) is 4.90 Å². The molecular weight excluding hydrogens is 263 g/mol. The van der Waals surface area contributed by atoms with E-state index in [1.165, 1.54) is 6.07 Å². The van der Waals surface area contributed by atoms with Crippen LogP contribution in [0.3, 0.4) is 0 Å². The number of carbonyl (C=O) groups excluding carboxylic acids is 1. The van der Waals surface area contributed by atoms with Crippen molar-refractivity contribution in [3.8, 4) is 0 Å². The van der Waals surface area contributed by atoms with E-state index in [0.717, 1.165) is 25.0 Å². The minimum Gasteiger partial charge on any atom is -0.478 e. The number of amides is 2. The smallest absolute Gasteiger partial charge is 0.338 e. The molecule has 0 aliphatic carbocycles. The first kappa shape index (κ1) is 14.3. The van der Waals surface area contributed by atoms with Gasteiger partial charge in [0.25, 0.3) is 0 Å². The van der Waals surface area contributed by atoms with Crippen LogP contribution >= 0.6 is 0 Å². The van der Waals surface area contributed by atoms with Gasteiger partial charge in [-0.15, -0.1) is 0 Å². The zero-order valence-corrected chi connectivity index (χ0v) is 11.2. The van der Waals surface area contributed by atoms with Crippen molar-refractivity contribution in [3.05, 3.63) is 29.6 Å². The third kappa shape index (κ3) is 3.07. The summed E-state index contributed by atoms with van der Waals surface area (Å²) in [6.07, 6.45) is 2.02. The van der Waals surface area contributed by atoms with Gasteiger partial charge in [-0.2, -0.15) is 0 Å². The summed E-state index contributed by atoms with van der Waals surface area (Å²) in [5.41, 5.74) is -0.146. The first-order valence-electron chi connectivity index (χ1n) is 6.60. The largest absolute Gasteiger partial charge is 0.478 e. The molecule has 1 aliphatic rings. The van der Waals surface area contributed by atoms with Gasteiger partial charge in [0.15, 0.2) is 0 Å². The second-order valence-corrected chi connectivity index (χ2v) is 4.94. The van der Waals surface area contributed by atoms with E-state index in [9.17, 15) is 14.0 Å². The number of nitrogens with one attached hydrogen (secondary N) is 1. The molecular formula is C14H17FN2O3. The normalized spacial score (nSPS) is 18.1. The molecule has 1 saturated heterocycles. The van der Waals surface area contributed by atoms with Gasteiger partial charge in [-0.25, -0.2) is 14.0 Å². The zero-order valence-electron chi connectivity index (χ0n) is 11.2. The van der Waals surface area contributed by atoms with Crippen molar-refractivity contribution in [3.63, 3.8) is 0 Å². The van der Waals surface area contributed by atoms with Gasteiger partial charge in [-0.05, 0) is 30.5 Å². The molecule has 1 unspecified atom stereocenters. The van der Waals surface area contributed by atoms with Gasteiger partial charge in [0.1, 0.15) is 5.82 Å². The lowest BCUT2D eigenvalue weighted by atomic mass is 10.1. The van der Waals surface area contributed by atoms with Crippen molar-refractivity contribution < 1.29 is 19.1 Å². The Kier molecular flexibility index (Phi) is 4.22. The number of benzene rings is 1. The van der Waals surface area contributed by atoms with Crippen LogP contribution in [0.2, 0.25) is 0 Å². The van der Waals surface area contributed by atoms with Crippen molar-refractivity contribution in [1.29, 1.82) is 0 Å². The van der Waals surface area contributed by atoms with Crippen LogP contribution < -0.4 is 5.32 Å². The molecule has 1 aliphatic heterocycles. The molecule has 5 nitrogen and oxygen atoms in total. The molecule has 1 aromatic rings. The number of nitrogens with zero attached hydrogens (tertiary/aromatic N) is 1. The highest BCUT2D eigenvalue weighted by molar-refractivity contribution is 5.92. The van der Waals surface area contributed by atoms with Crippen molar-refractivity contribution in [1.82, 2.24) is 4.90 Å². The predicted molar refractivity (Wildman–Crippen MR) is 72.3 cm³/mol. The lowest BCUT2D eigenvalue weighted by molar-refractivity contribution is 0.0692. The SMILES string of the molecule is CCC1CCN(C(=O)Nc2ccc(C(=O)O)c(F)c2)C1. The molecule has 1 aromatic carbocycles. The molecule has 1 fully saturated rings. The van der Waals surface area contributed by atoms with Crippen LogP contribution in [0.15, 0.2) is 18.2 Å². The van der Waals surface area contributed by atoms with Gasteiger partial charge in [-0.3, -0.25) is 0 Å². The van der Waals surface area contributed by atoms with E-state index in [-0.39, 0.29) is 11.7 Å². The van der Waals surface area contributed by atoms with Crippen molar-refractivity contribution >= 4 is 17.7 Å². The highest BCUT2D eigenvalue weighted by Gasteiger charge is 2.25. The van der Waals surface area contributed by atoms with E-state index in [0.29, 0.717) is 19.0 Å². The Morgan fingerprint density at radius 1 is 1.50 bits per heavy atom. The molecule has 0 aromatic heterocycles. The average molecular weight is 280 g/mol. The predicted octanol–water partition coefficient (Wildman–Crippen LogP) is 2.79. The molecule has 0 saturated carbocycles. The number of carboxylic acid groups (broad SMARTS) is 1. The topological polar surface area (TPSA) is 69.6 Å². The number of likely N-dealkylation sites (tertiary alicyclic amines) is 1. The van der Waals surface area contributed by atoms with Gasteiger partial charge < -0.3 is 15.3 Å². The maximum Gasteiger partial charge on any atom is 0.338 e. The number of carbonyl (C=O) groups is 2. The lowest BCUT2D eigenvalue weighted by Crippen LogP contribution is -2.33. The number of hydrogen-bond acceptors (Lipinski definition) is 2. The number of urea groups is 1. The lowest BCUT2D eigenvalue weighted by Gasteiger charge is -2.17. The van der Waals surface area contributed by atoms with Crippen LogP contribution in [0.1, 0.15) is 30.1 Å². The Labute approximate surface area is 116 Å². The van der Waals surface area contributed by atoms with E-state index in [1.807, 2.05) is 0 Å². The maximum atomic E-state index is 13.5. The highest BCUT2D eigenvalue weighted by atomic mass is 19.1. The summed E-state index contributed by atoms with van der Waals surface area (Å²) in [4.78, 5) is 24.4. The molecule has 20 heavy (non-hydrogen) atoms. The molecule has 108 valence electrons. The quantitative estimate of drug-likeness (QED) is 0.894. The Bertz CT molecular complexity index is 533. The van der Waals surface area contributed by atoms with Crippen LogP contribution in [-0.4, -0.2) is 35.1 Å². The minimum atomic E-state index is -1.33. The van der Waals surface area contributed by atoms with Crippen LogP contribution in [0.25, 0.3) is 0 Å². The average Bonchev–Trinajstić information content (AvgIpc) is 2.87. The number of carboxylic acids is 1. The summed E-state index contributed by atoms with van der Waals surface area (Å²) < 4.78 is 13.5. The highest BCUT2D eigenvalue weighted by Crippen LogP contribution is 2.21. The Balaban J connectivity index is 2.02. The Morgan fingerprint density at radius 2 is 2.25 bits per heavy atom. The van der Waals surface area contributed by atoms with Crippen molar-refractivity contribution in [2.45, 2.75) is 19.8 Å². The van der Waals surface area contributed by atoms with Crippen molar-refractivity contribution in [2.24, 2.45) is 5.92 Å². The second kappa shape index (κ2) is 5.90. The second-order valence-electron chi connectivity index (χ2n) is 4.94. The first-order chi connectivity index (χ1) is 9.51. The molecule has 2 amide bonds. The van der Waals surface area contributed by atoms with Crippen LogP contribution in [-0.2, 0) is 0 Å². The number of halogens is 1. The van der Waals surface area contributed by atoms with Gasteiger partial charge in [-0.1, -0.05) is 13.3 Å². The molecule has 0 radical (unpaired) electrons. The maximum absolute atomic E-state index is 13.5. The Morgan fingerprint density at radius 3 is 2.80 bits per heavy atom. The number of rotatable bonds is 3. The summed E-state index contributed by atoms with van der Waals surface area (Å²) in [5, 5.41) is 11.3. The van der Waals surface area contributed by atoms with E-state index in [2.05, 4.69) is 12.2 Å². The third-order valence-corrected chi connectivity index (χ3v) is 3.60. The van der Waals surface area contributed by atoms with Crippen molar-refractivity contribution in [2.75, 3.05) is 18.4 Å². The van der Waals surface area contributed by atoms with E-state index < -0.39 is 17.3 Å². The molecule has 0 bridgehead atoms. The molecule has 6 heteroatoms. The van der Waals surface area contributed by atoms with Crippen LogP contribution in [0.4, 0.5) is 14.9 Å². The standard InChI is InChI=1S/C14H17FN2O3/c1-2-9-5-6-17(8-9)14(20)16-10-3-4-11(13(18)19)12(15)7-10/h3-4,7,9H,2,5-6,8H2,1H3,(H,16,20)(H,18,19). The summed E-state index contributed by atoms with van der Waals surface area (Å²) in [6, 6.07) is 3.28. The monoisotopic (exact) mass is 280 g/mol. The van der Waals surface area contributed by atoms with Crippen LogP contribution in [0.5, 0.6) is 0 Å². The van der Waals surface area contributed by atoms with E-state index >= 15 is 0 Å². The number of anilines is 1. The molecule has 0 spiro atoms. The minimum absolute atomic E-state index is 0.262. The fourth-order valence-corrected chi connectivity index (χ4v) is 2.32. The Hall–Kier alpha value is -2.11. The van der Waals surface area contributed by atoms with Crippen LogP contribution in [0, 0.1) is 11.7 Å². The molecule has 2 N–H and O–H groups in total. The first-order valence-corrected chi connectivity index (χ1v) is 6.60. The summed E-state index contributed by atoms with van der Waals surface area (Å²) >= 11 is 0. The van der Waals surface area contributed by atoms with Gasteiger partial charge >= 0.3 is 12.0 Å². The summed E-state index contributed by atoms with van der Waals surface area (Å²) in [6.45, 7) is 3.49. The third-order valence-electron chi connectivity index (χ3n) is 3.60. The molecule has 2 rings (SSSR count). The van der Waals surface area contributed by atoms with Gasteiger partial charge in [0.05, 0.1) is 5.56 Å². The fourth-order valence-electron chi connectivity index (χ4n) is 2.32. The number of hydrogen-bond donors (Lipinski definition) is 2. The van der Waals surface area contributed by atoms with E-state index in [4.69, 9.17) is 5.11 Å². The number of aromatic carboxylic acids is 1.